The van der Waals surface area contributed by atoms with E-state index >= 15 is 0 Å². The SMILES string of the molecule is COc1cc(OC)c(S(=O)[O-])cc1Br.[Na+]. The molecule has 0 heterocycles. The normalized spacial score (nSPS) is 11.5. The van der Waals surface area contributed by atoms with Crippen LogP contribution in [0.25, 0.3) is 0 Å². The number of halogens is 1. The quantitative estimate of drug-likeness (QED) is 0.515. The second kappa shape index (κ2) is 6.88. The van der Waals surface area contributed by atoms with Crippen LogP contribution in [0.1, 0.15) is 0 Å². The Morgan fingerprint density at radius 1 is 1.27 bits per heavy atom. The summed E-state index contributed by atoms with van der Waals surface area (Å²) in [5.74, 6) is 0.787. The molecule has 15 heavy (non-hydrogen) atoms. The van der Waals surface area contributed by atoms with Crippen molar-refractivity contribution in [1.29, 1.82) is 0 Å². The summed E-state index contributed by atoms with van der Waals surface area (Å²) in [7, 11) is 2.90. The molecule has 0 aliphatic heterocycles. The van der Waals surface area contributed by atoms with Crippen LogP contribution in [0.4, 0.5) is 0 Å². The van der Waals surface area contributed by atoms with Gasteiger partial charge in [-0.1, -0.05) is 0 Å². The molecule has 0 fully saturated rings. The molecular weight excluding hydrogens is 295 g/mol. The third-order valence-corrected chi connectivity index (χ3v) is 2.92. The minimum Gasteiger partial charge on any atom is -0.768 e. The predicted molar refractivity (Wildman–Crippen MR) is 54.4 cm³/mol. The molecule has 0 amide bonds. The fraction of sp³-hybridized carbons (Fsp3) is 0.250. The maximum absolute atomic E-state index is 10.8. The molecule has 1 unspecified atom stereocenters. The van der Waals surface area contributed by atoms with Gasteiger partial charge in [0, 0.05) is 6.07 Å². The summed E-state index contributed by atoms with van der Waals surface area (Å²) in [6.45, 7) is 0. The molecule has 0 saturated heterocycles. The number of ether oxygens (including phenoxy) is 2. The third kappa shape index (κ3) is 3.72. The predicted octanol–water partition coefficient (Wildman–Crippen LogP) is -1.29. The maximum Gasteiger partial charge on any atom is 1.00 e. The second-order valence-electron chi connectivity index (χ2n) is 2.37. The molecule has 0 saturated carbocycles. The first-order valence-electron chi connectivity index (χ1n) is 3.61. The fourth-order valence-corrected chi connectivity index (χ4v) is 2.14. The van der Waals surface area contributed by atoms with Gasteiger partial charge in [-0.15, -0.1) is 0 Å². The molecule has 4 nitrogen and oxygen atoms in total. The second-order valence-corrected chi connectivity index (χ2v) is 4.14. The molecule has 0 bridgehead atoms. The number of methoxy groups -OCH3 is 2. The first-order chi connectivity index (χ1) is 6.60. The van der Waals surface area contributed by atoms with Crippen molar-refractivity contribution in [2.45, 2.75) is 4.90 Å². The van der Waals surface area contributed by atoms with Crippen LogP contribution in [0.15, 0.2) is 21.5 Å². The van der Waals surface area contributed by atoms with E-state index in [1.54, 1.807) is 0 Å². The number of hydrogen-bond acceptors (Lipinski definition) is 4. The van der Waals surface area contributed by atoms with Crippen molar-refractivity contribution in [3.05, 3.63) is 16.6 Å². The van der Waals surface area contributed by atoms with Crippen LogP contribution < -0.4 is 39.0 Å². The Balaban J connectivity index is 0.00000196. The van der Waals surface area contributed by atoms with E-state index in [0.717, 1.165) is 0 Å². The van der Waals surface area contributed by atoms with Gasteiger partial charge in [0.15, 0.2) is 0 Å². The van der Waals surface area contributed by atoms with Crippen LogP contribution in [0.5, 0.6) is 11.5 Å². The molecule has 0 aromatic heterocycles. The van der Waals surface area contributed by atoms with Gasteiger partial charge in [0.05, 0.1) is 23.6 Å². The van der Waals surface area contributed by atoms with Gasteiger partial charge >= 0.3 is 29.6 Å². The standard InChI is InChI=1S/C8H9BrO4S.Na/c1-12-6-4-7(13-2)8(14(10)11)3-5(6)9;/h3-4H,1-2H3,(H,10,11);/q;+1/p-1. The molecule has 1 aromatic carbocycles. The van der Waals surface area contributed by atoms with Crippen molar-refractivity contribution in [3.8, 4) is 11.5 Å². The molecule has 1 aromatic rings. The van der Waals surface area contributed by atoms with Crippen LogP contribution in [0.3, 0.4) is 0 Å². The average molecular weight is 303 g/mol. The van der Waals surface area contributed by atoms with E-state index in [2.05, 4.69) is 15.9 Å². The van der Waals surface area contributed by atoms with Crippen LogP contribution in [-0.2, 0) is 11.1 Å². The van der Waals surface area contributed by atoms with E-state index in [1.807, 2.05) is 0 Å². The smallest absolute Gasteiger partial charge is 0.768 e. The minimum atomic E-state index is -2.32. The molecule has 1 rings (SSSR count). The minimum absolute atomic E-state index is 0. The molecule has 78 valence electrons. The number of benzene rings is 1. The van der Waals surface area contributed by atoms with Crippen LogP contribution >= 0.6 is 15.9 Å². The van der Waals surface area contributed by atoms with E-state index in [1.165, 1.54) is 26.4 Å². The van der Waals surface area contributed by atoms with Gasteiger partial charge in [-0.2, -0.15) is 0 Å². The van der Waals surface area contributed by atoms with Crippen molar-refractivity contribution in [1.82, 2.24) is 0 Å². The Bertz CT molecular complexity index is 372. The Hall–Kier alpha value is 0.410. The first-order valence-corrected chi connectivity index (χ1v) is 5.47. The van der Waals surface area contributed by atoms with E-state index in [0.29, 0.717) is 10.2 Å². The first kappa shape index (κ1) is 15.4. The van der Waals surface area contributed by atoms with Crippen LogP contribution in [-0.4, -0.2) is 23.0 Å². The zero-order valence-corrected chi connectivity index (χ0v) is 13.0. The summed E-state index contributed by atoms with van der Waals surface area (Å²) < 4.78 is 32.1. The van der Waals surface area contributed by atoms with Crippen molar-refractivity contribution in [3.63, 3.8) is 0 Å². The Kier molecular flexibility index (Phi) is 7.07. The third-order valence-electron chi connectivity index (χ3n) is 1.62. The fourth-order valence-electron chi connectivity index (χ4n) is 0.963. The zero-order valence-electron chi connectivity index (χ0n) is 8.57. The van der Waals surface area contributed by atoms with E-state index in [4.69, 9.17) is 9.47 Å². The Morgan fingerprint density at radius 3 is 2.20 bits per heavy atom. The molecule has 1 atom stereocenters. The molecule has 7 heteroatoms. The van der Waals surface area contributed by atoms with Crippen LogP contribution in [0.2, 0.25) is 0 Å². The van der Waals surface area contributed by atoms with Gasteiger partial charge in [0.1, 0.15) is 11.5 Å². The molecule has 0 aliphatic carbocycles. The van der Waals surface area contributed by atoms with Crippen molar-refractivity contribution < 1.29 is 47.8 Å². The van der Waals surface area contributed by atoms with Gasteiger partial charge in [-0.3, -0.25) is 4.21 Å². The molecule has 0 aliphatic rings. The zero-order chi connectivity index (χ0) is 10.7. The summed E-state index contributed by atoms with van der Waals surface area (Å²) in [5, 5.41) is 0. The van der Waals surface area contributed by atoms with Crippen molar-refractivity contribution >= 4 is 27.0 Å². The number of hydrogen-bond donors (Lipinski definition) is 0. The molecule has 0 spiro atoms. The van der Waals surface area contributed by atoms with Crippen molar-refractivity contribution in [2.24, 2.45) is 0 Å². The summed E-state index contributed by atoms with van der Waals surface area (Å²) in [6, 6.07) is 2.94. The molecule has 0 N–H and O–H groups in total. The molecular formula is C8H8BrNaO4S. The monoisotopic (exact) mass is 302 g/mol. The van der Waals surface area contributed by atoms with Crippen LogP contribution in [0, 0.1) is 0 Å². The van der Waals surface area contributed by atoms with E-state index in [-0.39, 0.29) is 40.2 Å². The average Bonchev–Trinajstić information content (AvgIpc) is 2.17. The maximum atomic E-state index is 10.8. The van der Waals surface area contributed by atoms with Gasteiger partial charge in [0.25, 0.3) is 0 Å². The molecule has 0 radical (unpaired) electrons. The van der Waals surface area contributed by atoms with Gasteiger partial charge in [0.2, 0.25) is 0 Å². The summed E-state index contributed by atoms with van der Waals surface area (Å²) in [4.78, 5) is 0.0974. The Labute approximate surface area is 121 Å². The summed E-state index contributed by atoms with van der Waals surface area (Å²) in [6.07, 6.45) is 0. The van der Waals surface area contributed by atoms with E-state index in [9.17, 15) is 8.76 Å². The van der Waals surface area contributed by atoms with Gasteiger partial charge in [-0.25, -0.2) is 0 Å². The Morgan fingerprint density at radius 2 is 1.80 bits per heavy atom. The van der Waals surface area contributed by atoms with E-state index < -0.39 is 11.1 Å². The van der Waals surface area contributed by atoms with Gasteiger partial charge < -0.3 is 14.0 Å². The van der Waals surface area contributed by atoms with Gasteiger partial charge in [-0.05, 0) is 33.1 Å². The summed E-state index contributed by atoms with van der Waals surface area (Å²) >= 11 is 0.864. The summed E-state index contributed by atoms with van der Waals surface area (Å²) in [5.41, 5.74) is 0. The number of rotatable bonds is 3. The topological polar surface area (TPSA) is 58.6 Å². The largest absolute Gasteiger partial charge is 1.00 e. The van der Waals surface area contributed by atoms with Crippen molar-refractivity contribution in [2.75, 3.05) is 14.2 Å².